The smallest absolute Gasteiger partial charge is 0.404 e. The van der Waals surface area contributed by atoms with E-state index in [1.807, 2.05) is 0 Å². The molecule has 0 bridgehead atoms. The third-order valence-electron chi connectivity index (χ3n) is 2.52. The van der Waals surface area contributed by atoms with Gasteiger partial charge in [-0.1, -0.05) is 13.8 Å². The van der Waals surface area contributed by atoms with Crippen molar-refractivity contribution in [2.75, 3.05) is 13.7 Å². The largest absolute Gasteiger partial charge is 0.433 e. The molecule has 0 saturated heterocycles. The number of nitrogens with one attached hydrogen (secondary N) is 1. The molecule has 1 aromatic rings. The second-order valence-electron chi connectivity index (χ2n) is 4.18. The van der Waals surface area contributed by atoms with Crippen molar-refractivity contribution in [3.8, 4) is 0 Å². The van der Waals surface area contributed by atoms with E-state index in [1.165, 1.54) is 6.07 Å². The van der Waals surface area contributed by atoms with Gasteiger partial charge in [0.25, 0.3) is 0 Å². The highest BCUT2D eigenvalue weighted by Crippen LogP contribution is 2.15. The van der Waals surface area contributed by atoms with E-state index in [2.05, 4.69) is 19.2 Å². The van der Waals surface area contributed by atoms with Gasteiger partial charge in [-0.3, -0.25) is 10.1 Å². The third kappa shape index (κ3) is 4.16. The Morgan fingerprint density at radius 3 is 2.71 bits per heavy atom. The Bertz CT molecular complexity index is 362. The second-order valence-corrected chi connectivity index (χ2v) is 4.18. The second kappa shape index (κ2) is 6.36. The van der Waals surface area contributed by atoms with Crippen LogP contribution in [0.2, 0.25) is 0 Å². The highest BCUT2D eigenvalue weighted by atomic mass is 16.6. The molecule has 0 amide bonds. The van der Waals surface area contributed by atoms with Gasteiger partial charge in [-0.15, -0.1) is 0 Å². The maximum atomic E-state index is 10.4. The van der Waals surface area contributed by atoms with E-state index in [1.54, 1.807) is 13.2 Å². The molecule has 0 saturated carbocycles. The summed E-state index contributed by atoms with van der Waals surface area (Å²) in [6, 6.07) is 3.16. The van der Waals surface area contributed by atoms with Gasteiger partial charge in [0.15, 0.2) is 0 Å². The summed E-state index contributed by atoms with van der Waals surface area (Å²) in [7, 11) is 1.65. The summed E-state index contributed by atoms with van der Waals surface area (Å²) in [5.74, 6) is 0.744. The van der Waals surface area contributed by atoms with Crippen molar-refractivity contribution in [1.82, 2.24) is 5.32 Å². The first-order valence-electron chi connectivity index (χ1n) is 5.50. The number of furan rings is 1. The zero-order valence-electron chi connectivity index (χ0n) is 10.3. The van der Waals surface area contributed by atoms with Crippen LogP contribution in [0.1, 0.15) is 19.6 Å². The van der Waals surface area contributed by atoms with Crippen LogP contribution >= 0.6 is 0 Å². The van der Waals surface area contributed by atoms with Crippen LogP contribution in [-0.2, 0) is 11.3 Å². The molecule has 1 unspecified atom stereocenters. The fraction of sp³-hybridized carbons (Fsp3) is 0.636. The highest BCUT2D eigenvalue weighted by molar-refractivity contribution is 5.17. The van der Waals surface area contributed by atoms with Crippen LogP contribution in [0.4, 0.5) is 5.88 Å². The summed E-state index contributed by atoms with van der Waals surface area (Å²) in [4.78, 5) is 9.89. The molecule has 1 atom stereocenters. The monoisotopic (exact) mass is 242 g/mol. The van der Waals surface area contributed by atoms with Gasteiger partial charge in [-0.25, -0.2) is 0 Å². The Morgan fingerprint density at radius 2 is 2.24 bits per heavy atom. The first-order chi connectivity index (χ1) is 8.04. The molecule has 17 heavy (non-hydrogen) atoms. The number of nitro groups is 1. The molecule has 0 aliphatic heterocycles. The van der Waals surface area contributed by atoms with Gasteiger partial charge in [0, 0.05) is 13.2 Å². The van der Waals surface area contributed by atoms with Gasteiger partial charge in [-0.05, 0) is 12.0 Å². The van der Waals surface area contributed by atoms with E-state index in [9.17, 15) is 10.1 Å². The summed E-state index contributed by atoms with van der Waals surface area (Å²) in [6.45, 7) is 5.23. The third-order valence-corrected chi connectivity index (χ3v) is 2.52. The molecule has 6 nitrogen and oxygen atoms in total. The molecule has 1 N–H and O–H groups in total. The fourth-order valence-electron chi connectivity index (χ4n) is 1.46. The van der Waals surface area contributed by atoms with Crippen LogP contribution in [0.25, 0.3) is 0 Å². The normalized spacial score (nSPS) is 12.9. The zero-order chi connectivity index (χ0) is 12.8. The lowest BCUT2D eigenvalue weighted by molar-refractivity contribution is -0.402. The standard InChI is InChI=1S/C11H18N2O4/c1-8(2)10(7-16-3)12-6-9-4-5-11(17-9)13(14)15/h4-5,8,10,12H,6-7H2,1-3H3. The van der Waals surface area contributed by atoms with Crippen LogP contribution in [0, 0.1) is 16.0 Å². The average molecular weight is 242 g/mol. The van der Waals surface area contributed by atoms with E-state index in [0.29, 0.717) is 24.8 Å². The molecule has 1 rings (SSSR count). The maximum absolute atomic E-state index is 10.4. The van der Waals surface area contributed by atoms with Crippen molar-refractivity contribution in [2.24, 2.45) is 5.92 Å². The Balaban J connectivity index is 2.50. The molecule has 6 heteroatoms. The lowest BCUT2D eigenvalue weighted by Gasteiger charge is -2.20. The molecule has 1 aromatic heterocycles. The van der Waals surface area contributed by atoms with Crippen molar-refractivity contribution < 1.29 is 14.1 Å². The van der Waals surface area contributed by atoms with Crippen LogP contribution < -0.4 is 5.32 Å². The highest BCUT2D eigenvalue weighted by Gasteiger charge is 2.15. The summed E-state index contributed by atoms with van der Waals surface area (Å²) >= 11 is 0. The minimum atomic E-state index is -0.543. The van der Waals surface area contributed by atoms with Gasteiger partial charge >= 0.3 is 5.88 Å². The van der Waals surface area contributed by atoms with Crippen molar-refractivity contribution >= 4 is 5.88 Å². The van der Waals surface area contributed by atoms with Crippen molar-refractivity contribution in [1.29, 1.82) is 0 Å². The minimum absolute atomic E-state index is 0.198. The Hall–Kier alpha value is -1.40. The quantitative estimate of drug-likeness (QED) is 0.584. The molecule has 0 radical (unpaired) electrons. The Morgan fingerprint density at radius 1 is 1.53 bits per heavy atom. The van der Waals surface area contributed by atoms with Crippen molar-refractivity contribution in [3.05, 3.63) is 28.0 Å². The molecule has 0 aromatic carbocycles. The zero-order valence-corrected chi connectivity index (χ0v) is 10.3. The number of hydrogen-bond acceptors (Lipinski definition) is 5. The number of methoxy groups -OCH3 is 1. The van der Waals surface area contributed by atoms with Crippen LogP contribution in [-0.4, -0.2) is 24.7 Å². The van der Waals surface area contributed by atoms with Gasteiger partial charge in [0.05, 0.1) is 19.2 Å². The van der Waals surface area contributed by atoms with E-state index in [4.69, 9.17) is 9.15 Å². The van der Waals surface area contributed by atoms with Crippen LogP contribution in [0.5, 0.6) is 0 Å². The number of rotatable bonds is 7. The molecule has 0 aliphatic carbocycles. The van der Waals surface area contributed by atoms with E-state index < -0.39 is 4.92 Å². The molecule has 0 fully saturated rings. The molecule has 0 spiro atoms. The van der Waals surface area contributed by atoms with Crippen LogP contribution in [0.15, 0.2) is 16.5 Å². The molecular weight excluding hydrogens is 224 g/mol. The van der Waals surface area contributed by atoms with Gasteiger partial charge in [-0.2, -0.15) is 0 Å². The first-order valence-corrected chi connectivity index (χ1v) is 5.50. The summed E-state index contributed by atoms with van der Waals surface area (Å²) in [6.07, 6.45) is 0. The van der Waals surface area contributed by atoms with Crippen LogP contribution in [0.3, 0.4) is 0 Å². The average Bonchev–Trinajstić information content (AvgIpc) is 2.72. The predicted octanol–water partition coefficient (Wildman–Crippen LogP) is 1.95. The fourth-order valence-corrected chi connectivity index (χ4v) is 1.46. The SMILES string of the molecule is COCC(NCc1ccc([N+](=O)[O-])o1)C(C)C. The predicted molar refractivity (Wildman–Crippen MR) is 62.7 cm³/mol. The summed E-state index contributed by atoms with van der Waals surface area (Å²) < 4.78 is 10.1. The number of ether oxygens (including phenoxy) is 1. The number of nitrogens with zero attached hydrogens (tertiary/aromatic N) is 1. The van der Waals surface area contributed by atoms with Crippen molar-refractivity contribution in [2.45, 2.75) is 26.4 Å². The van der Waals surface area contributed by atoms with Gasteiger partial charge < -0.3 is 14.5 Å². The molecular formula is C11H18N2O4. The van der Waals surface area contributed by atoms with E-state index in [0.717, 1.165) is 0 Å². The Labute approximate surface area is 100 Å². The lowest BCUT2D eigenvalue weighted by atomic mass is 10.1. The van der Waals surface area contributed by atoms with E-state index >= 15 is 0 Å². The topological polar surface area (TPSA) is 77.5 Å². The summed E-state index contributed by atoms with van der Waals surface area (Å²) in [5, 5.41) is 13.7. The van der Waals surface area contributed by atoms with E-state index in [-0.39, 0.29) is 11.9 Å². The Kier molecular flexibility index (Phi) is 5.11. The maximum Gasteiger partial charge on any atom is 0.433 e. The first kappa shape index (κ1) is 13.7. The molecule has 96 valence electrons. The molecule has 0 aliphatic rings. The van der Waals surface area contributed by atoms with Crippen molar-refractivity contribution in [3.63, 3.8) is 0 Å². The molecule has 1 heterocycles. The lowest BCUT2D eigenvalue weighted by Crippen LogP contribution is -2.37. The van der Waals surface area contributed by atoms with Gasteiger partial charge in [0.2, 0.25) is 0 Å². The van der Waals surface area contributed by atoms with Gasteiger partial charge in [0.1, 0.15) is 10.7 Å². The number of hydrogen-bond donors (Lipinski definition) is 1. The minimum Gasteiger partial charge on any atom is -0.404 e. The summed E-state index contributed by atoms with van der Waals surface area (Å²) in [5.41, 5.74) is 0.